The molecule has 3 heteroatoms. The van der Waals surface area contributed by atoms with E-state index in [0.29, 0.717) is 5.02 Å². The van der Waals surface area contributed by atoms with Crippen LogP contribution in [0.5, 0.6) is 0 Å². The number of aryl methyl sites for hydroxylation is 1. The molecule has 0 fully saturated rings. The molecule has 2 rings (SSSR count). The predicted octanol–water partition coefficient (Wildman–Crippen LogP) is 3.27. The van der Waals surface area contributed by atoms with Gasteiger partial charge < -0.3 is 5.73 Å². The summed E-state index contributed by atoms with van der Waals surface area (Å²) in [5.41, 5.74) is 8.83. The molecule has 88 valence electrons. The lowest BCUT2D eigenvalue weighted by Gasteiger charge is -2.28. The molecule has 0 saturated heterocycles. The maximum Gasteiger partial charge on any atom is 0.0669 e. The van der Waals surface area contributed by atoms with Crippen molar-refractivity contribution >= 4 is 11.6 Å². The fourth-order valence-electron chi connectivity index (χ4n) is 2.04. The molecular formula is C14H15ClN2. The average Bonchev–Trinajstić information content (AvgIpc) is 2.29. The maximum atomic E-state index is 6.44. The third kappa shape index (κ3) is 2.19. The van der Waals surface area contributed by atoms with E-state index in [4.69, 9.17) is 17.3 Å². The van der Waals surface area contributed by atoms with Crippen LogP contribution in [0.2, 0.25) is 5.02 Å². The molecule has 1 aromatic carbocycles. The number of hydrogen-bond acceptors (Lipinski definition) is 2. The lowest BCUT2D eigenvalue weighted by molar-refractivity contribution is 0.596. The predicted molar refractivity (Wildman–Crippen MR) is 71.1 cm³/mol. The van der Waals surface area contributed by atoms with E-state index in [1.165, 1.54) is 0 Å². The Hall–Kier alpha value is -1.38. The van der Waals surface area contributed by atoms with Crippen molar-refractivity contribution in [2.75, 3.05) is 0 Å². The summed E-state index contributed by atoms with van der Waals surface area (Å²) in [6.07, 6.45) is 3.57. The smallest absolute Gasteiger partial charge is 0.0669 e. The van der Waals surface area contributed by atoms with E-state index in [2.05, 4.69) is 4.98 Å². The van der Waals surface area contributed by atoms with Crippen molar-refractivity contribution in [1.29, 1.82) is 0 Å². The van der Waals surface area contributed by atoms with E-state index in [-0.39, 0.29) is 0 Å². The SMILES string of the molecule is Cc1ccncc1C(C)(N)c1ccccc1Cl. The van der Waals surface area contributed by atoms with Gasteiger partial charge in [0, 0.05) is 17.4 Å². The highest BCUT2D eigenvalue weighted by atomic mass is 35.5. The summed E-state index contributed by atoms with van der Waals surface area (Å²) in [6, 6.07) is 9.61. The first-order valence-electron chi connectivity index (χ1n) is 5.48. The van der Waals surface area contributed by atoms with Crippen LogP contribution in [0.3, 0.4) is 0 Å². The fraction of sp³-hybridized carbons (Fsp3) is 0.214. The molecule has 1 atom stereocenters. The fourth-order valence-corrected chi connectivity index (χ4v) is 2.37. The summed E-state index contributed by atoms with van der Waals surface area (Å²) in [6.45, 7) is 3.98. The van der Waals surface area contributed by atoms with E-state index in [9.17, 15) is 0 Å². The Kier molecular flexibility index (Phi) is 3.18. The number of pyridine rings is 1. The first-order chi connectivity index (χ1) is 8.03. The lowest BCUT2D eigenvalue weighted by Crippen LogP contribution is -2.35. The van der Waals surface area contributed by atoms with Gasteiger partial charge in [0.15, 0.2) is 0 Å². The van der Waals surface area contributed by atoms with Crippen LogP contribution >= 0.6 is 11.6 Å². The Morgan fingerprint density at radius 3 is 2.53 bits per heavy atom. The number of rotatable bonds is 2. The maximum absolute atomic E-state index is 6.44. The van der Waals surface area contributed by atoms with E-state index in [1.807, 2.05) is 44.2 Å². The highest BCUT2D eigenvalue weighted by Gasteiger charge is 2.27. The van der Waals surface area contributed by atoms with Crippen molar-refractivity contribution in [3.63, 3.8) is 0 Å². The summed E-state index contributed by atoms with van der Waals surface area (Å²) >= 11 is 6.21. The highest BCUT2D eigenvalue weighted by molar-refractivity contribution is 6.31. The molecule has 1 heterocycles. The number of halogens is 1. The zero-order valence-electron chi connectivity index (χ0n) is 9.94. The van der Waals surface area contributed by atoms with Gasteiger partial charge in [0.25, 0.3) is 0 Å². The van der Waals surface area contributed by atoms with Crippen molar-refractivity contribution in [2.24, 2.45) is 5.73 Å². The van der Waals surface area contributed by atoms with Gasteiger partial charge in [-0.1, -0.05) is 29.8 Å². The summed E-state index contributed by atoms with van der Waals surface area (Å²) in [5.74, 6) is 0. The van der Waals surface area contributed by atoms with Gasteiger partial charge in [-0.15, -0.1) is 0 Å². The standard InChI is InChI=1S/C14H15ClN2/c1-10-7-8-17-9-12(10)14(2,16)11-5-3-4-6-13(11)15/h3-9H,16H2,1-2H3. The van der Waals surface area contributed by atoms with Crippen LogP contribution in [0.1, 0.15) is 23.6 Å². The number of aromatic nitrogens is 1. The van der Waals surface area contributed by atoms with Crippen LogP contribution in [0, 0.1) is 6.92 Å². The molecule has 2 nitrogen and oxygen atoms in total. The molecular weight excluding hydrogens is 232 g/mol. The largest absolute Gasteiger partial charge is 0.318 e. The second-order valence-electron chi connectivity index (χ2n) is 4.37. The van der Waals surface area contributed by atoms with Gasteiger partial charge in [0.1, 0.15) is 0 Å². The third-order valence-corrected chi connectivity index (χ3v) is 3.36. The molecule has 1 aromatic heterocycles. The van der Waals surface area contributed by atoms with Gasteiger partial charge in [-0.2, -0.15) is 0 Å². The molecule has 0 aliphatic carbocycles. The topological polar surface area (TPSA) is 38.9 Å². The molecule has 0 amide bonds. The summed E-state index contributed by atoms with van der Waals surface area (Å²) in [7, 11) is 0. The Morgan fingerprint density at radius 2 is 1.88 bits per heavy atom. The van der Waals surface area contributed by atoms with Gasteiger partial charge in [-0.3, -0.25) is 4.98 Å². The van der Waals surface area contributed by atoms with E-state index < -0.39 is 5.54 Å². The molecule has 0 bridgehead atoms. The average molecular weight is 247 g/mol. The van der Waals surface area contributed by atoms with E-state index >= 15 is 0 Å². The molecule has 2 N–H and O–H groups in total. The van der Waals surface area contributed by atoms with Crippen LogP contribution in [-0.2, 0) is 5.54 Å². The van der Waals surface area contributed by atoms with Crippen LogP contribution in [0.15, 0.2) is 42.7 Å². The number of nitrogens with zero attached hydrogens (tertiary/aromatic N) is 1. The minimum Gasteiger partial charge on any atom is -0.318 e. The molecule has 1 unspecified atom stereocenters. The summed E-state index contributed by atoms with van der Waals surface area (Å²) in [4.78, 5) is 4.14. The van der Waals surface area contributed by atoms with Crippen molar-refractivity contribution < 1.29 is 0 Å². The van der Waals surface area contributed by atoms with Crippen LogP contribution < -0.4 is 5.73 Å². The Bertz CT molecular complexity index is 488. The van der Waals surface area contributed by atoms with Crippen molar-refractivity contribution in [2.45, 2.75) is 19.4 Å². The Morgan fingerprint density at radius 1 is 1.18 bits per heavy atom. The van der Waals surface area contributed by atoms with Gasteiger partial charge in [0.2, 0.25) is 0 Å². The molecule has 0 radical (unpaired) electrons. The van der Waals surface area contributed by atoms with Crippen LogP contribution in [-0.4, -0.2) is 4.98 Å². The van der Waals surface area contributed by atoms with Gasteiger partial charge in [-0.05, 0) is 42.7 Å². The van der Waals surface area contributed by atoms with Crippen LogP contribution in [0.4, 0.5) is 0 Å². The summed E-state index contributed by atoms with van der Waals surface area (Å²) in [5, 5.41) is 0.681. The first kappa shape index (κ1) is 12.1. The van der Waals surface area contributed by atoms with Gasteiger partial charge in [0.05, 0.1) is 5.54 Å². The zero-order chi connectivity index (χ0) is 12.5. The molecule has 0 spiro atoms. The lowest BCUT2D eigenvalue weighted by atomic mass is 9.84. The number of hydrogen-bond donors (Lipinski definition) is 1. The minimum absolute atomic E-state index is 0.628. The van der Waals surface area contributed by atoms with Gasteiger partial charge >= 0.3 is 0 Å². The summed E-state index contributed by atoms with van der Waals surface area (Å²) < 4.78 is 0. The Labute approximate surface area is 106 Å². The van der Waals surface area contributed by atoms with Crippen molar-refractivity contribution in [1.82, 2.24) is 4.98 Å². The van der Waals surface area contributed by atoms with Crippen molar-refractivity contribution in [3.05, 3.63) is 64.4 Å². The highest BCUT2D eigenvalue weighted by Crippen LogP contribution is 2.32. The second kappa shape index (κ2) is 4.47. The van der Waals surface area contributed by atoms with E-state index in [0.717, 1.165) is 16.7 Å². The molecule has 2 aromatic rings. The number of nitrogens with two attached hydrogens (primary N) is 1. The minimum atomic E-state index is -0.628. The normalized spacial score (nSPS) is 14.4. The molecule has 0 aliphatic rings. The number of benzene rings is 1. The Balaban J connectivity index is 2.58. The molecule has 17 heavy (non-hydrogen) atoms. The molecule has 0 aliphatic heterocycles. The van der Waals surface area contributed by atoms with Crippen molar-refractivity contribution in [3.8, 4) is 0 Å². The third-order valence-electron chi connectivity index (χ3n) is 3.03. The molecule has 0 saturated carbocycles. The monoisotopic (exact) mass is 246 g/mol. The second-order valence-corrected chi connectivity index (χ2v) is 4.78. The van der Waals surface area contributed by atoms with E-state index in [1.54, 1.807) is 12.4 Å². The van der Waals surface area contributed by atoms with Gasteiger partial charge in [-0.25, -0.2) is 0 Å². The quantitative estimate of drug-likeness (QED) is 0.883. The first-order valence-corrected chi connectivity index (χ1v) is 5.86. The van der Waals surface area contributed by atoms with Crippen LogP contribution in [0.25, 0.3) is 0 Å². The zero-order valence-corrected chi connectivity index (χ0v) is 10.7.